The van der Waals surface area contributed by atoms with Gasteiger partial charge in [-0.25, -0.2) is 0 Å². The molecule has 0 N–H and O–H groups in total. The molecule has 0 saturated carbocycles. The van der Waals surface area contributed by atoms with Crippen LogP contribution in [0.5, 0.6) is 5.75 Å². The van der Waals surface area contributed by atoms with E-state index < -0.39 is 6.10 Å². The minimum Gasteiger partial charge on any atom is -0.481 e. The Balaban J connectivity index is 1.60. The van der Waals surface area contributed by atoms with E-state index in [2.05, 4.69) is 32.0 Å². The number of ether oxygens (including phenoxy) is 1. The van der Waals surface area contributed by atoms with Crippen LogP contribution in [-0.2, 0) is 22.6 Å². The molecule has 0 unspecified atom stereocenters. The summed E-state index contributed by atoms with van der Waals surface area (Å²) in [7, 11) is 1.76. The molecule has 0 spiro atoms. The molecular formula is C30H36N2O4. The Morgan fingerprint density at radius 1 is 1.11 bits per heavy atom. The van der Waals surface area contributed by atoms with Crippen molar-refractivity contribution in [2.24, 2.45) is 5.92 Å². The van der Waals surface area contributed by atoms with Gasteiger partial charge in [0.05, 0.1) is 18.8 Å². The van der Waals surface area contributed by atoms with Gasteiger partial charge in [-0.15, -0.1) is 0 Å². The van der Waals surface area contributed by atoms with Crippen molar-refractivity contribution in [1.29, 1.82) is 0 Å². The second-order valence-electron chi connectivity index (χ2n) is 9.90. The number of carbonyl (C=O) groups is 2. The lowest BCUT2D eigenvalue weighted by Crippen LogP contribution is -2.41. The van der Waals surface area contributed by atoms with Crippen molar-refractivity contribution in [2.75, 3.05) is 13.6 Å². The smallest absolute Gasteiger partial charge is 0.263 e. The van der Waals surface area contributed by atoms with Crippen molar-refractivity contribution in [3.63, 3.8) is 0 Å². The van der Waals surface area contributed by atoms with E-state index in [-0.39, 0.29) is 17.9 Å². The lowest BCUT2D eigenvalue weighted by Gasteiger charge is -2.38. The van der Waals surface area contributed by atoms with Gasteiger partial charge in [-0.2, -0.15) is 0 Å². The highest BCUT2D eigenvalue weighted by Gasteiger charge is 2.33. The number of fused-ring (bicyclic) bond motifs is 1. The Labute approximate surface area is 213 Å². The van der Waals surface area contributed by atoms with Crippen molar-refractivity contribution in [1.82, 2.24) is 9.80 Å². The minimum absolute atomic E-state index is 0.0973. The van der Waals surface area contributed by atoms with Crippen molar-refractivity contribution in [3.05, 3.63) is 89.4 Å². The SMILES string of the molecule is CC[C@H](Oc1ccc2c(c1)[C@H](c1ccccc1)N(C(=O)CC(C)C)CC2)C(=O)N(C)Cc1ccco1. The number of amides is 2. The first-order valence-electron chi connectivity index (χ1n) is 12.8. The van der Waals surface area contributed by atoms with E-state index in [9.17, 15) is 9.59 Å². The molecule has 2 amide bonds. The molecule has 0 bridgehead atoms. The van der Waals surface area contributed by atoms with Gasteiger partial charge in [-0.3, -0.25) is 9.59 Å². The second-order valence-corrected chi connectivity index (χ2v) is 9.90. The predicted octanol–water partition coefficient (Wildman–Crippen LogP) is 5.62. The molecular weight excluding hydrogens is 452 g/mol. The number of hydrogen-bond donors (Lipinski definition) is 0. The number of likely N-dealkylation sites (N-methyl/N-ethyl adjacent to an activating group) is 1. The van der Waals surface area contributed by atoms with Crippen molar-refractivity contribution in [3.8, 4) is 5.75 Å². The Morgan fingerprint density at radius 3 is 2.56 bits per heavy atom. The molecule has 36 heavy (non-hydrogen) atoms. The summed E-state index contributed by atoms with van der Waals surface area (Å²) in [5.74, 6) is 1.72. The average molecular weight is 489 g/mol. The maximum absolute atomic E-state index is 13.2. The van der Waals surface area contributed by atoms with Crippen LogP contribution in [0.3, 0.4) is 0 Å². The third kappa shape index (κ3) is 5.81. The fraction of sp³-hybridized carbons (Fsp3) is 0.400. The normalized spacial score (nSPS) is 15.9. The first-order valence-corrected chi connectivity index (χ1v) is 12.8. The quantitative estimate of drug-likeness (QED) is 0.392. The molecule has 6 nitrogen and oxygen atoms in total. The average Bonchev–Trinajstić information content (AvgIpc) is 3.39. The number of nitrogens with zero attached hydrogens (tertiary/aromatic N) is 2. The second kappa shape index (κ2) is 11.5. The van der Waals surface area contributed by atoms with E-state index in [1.165, 1.54) is 5.56 Å². The lowest BCUT2D eigenvalue weighted by molar-refractivity contribution is -0.138. The highest BCUT2D eigenvalue weighted by Crippen LogP contribution is 2.38. The number of hydrogen-bond acceptors (Lipinski definition) is 4. The van der Waals surface area contributed by atoms with Gasteiger partial charge < -0.3 is 19.0 Å². The first kappa shape index (κ1) is 25.5. The first-order chi connectivity index (χ1) is 17.4. The number of furan rings is 1. The van der Waals surface area contributed by atoms with Crippen LogP contribution in [0.1, 0.15) is 62.1 Å². The summed E-state index contributed by atoms with van der Waals surface area (Å²) >= 11 is 0. The topological polar surface area (TPSA) is 63.0 Å². The predicted molar refractivity (Wildman–Crippen MR) is 139 cm³/mol. The van der Waals surface area contributed by atoms with Crippen molar-refractivity contribution >= 4 is 11.8 Å². The summed E-state index contributed by atoms with van der Waals surface area (Å²) in [6, 6.07) is 19.7. The molecule has 2 aromatic carbocycles. The minimum atomic E-state index is -0.611. The molecule has 2 atom stereocenters. The largest absolute Gasteiger partial charge is 0.481 e. The van der Waals surface area contributed by atoms with Crippen molar-refractivity contribution in [2.45, 2.75) is 58.7 Å². The summed E-state index contributed by atoms with van der Waals surface area (Å²) in [6.07, 6.45) is 2.85. The van der Waals surface area contributed by atoms with Gasteiger partial charge in [-0.05, 0) is 59.7 Å². The van der Waals surface area contributed by atoms with Crippen LogP contribution < -0.4 is 4.74 Å². The van der Waals surface area contributed by atoms with Crippen LogP contribution in [-0.4, -0.2) is 41.3 Å². The molecule has 1 aliphatic heterocycles. The fourth-order valence-electron chi connectivity index (χ4n) is 4.83. The van der Waals surface area contributed by atoms with E-state index >= 15 is 0 Å². The van der Waals surface area contributed by atoms with E-state index in [0.29, 0.717) is 37.6 Å². The molecule has 0 fully saturated rings. The Bertz CT molecular complexity index is 1160. The van der Waals surface area contributed by atoms with Crippen LogP contribution in [0.15, 0.2) is 71.3 Å². The Kier molecular flexibility index (Phi) is 8.14. The summed E-state index contributed by atoms with van der Waals surface area (Å²) in [5.41, 5.74) is 3.35. The van der Waals surface area contributed by atoms with E-state index in [0.717, 1.165) is 23.3 Å². The molecule has 0 aliphatic carbocycles. The van der Waals surface area contributed by atoms with Crippen LogP contribution in [0.2, 0.25) is 0 Å². The number of carbonyl (C=O) groups excluding carboxylic acids is 2. The highest BCUT2D eigenvalue weighted by atomic mass is 16.5. The summed E-state index contributed by atoms with van der Waals surface area (Å²) in [6.45, 7) is 7.17. The molecule has 3 aromatic rings. The van der Waals surface area contributed by atoms with E-state index in [4.69, 9.17) is 9.15 Å². The van der Waals surface area contributed by atoms with Gasteiger partial charge >= 0.3 is 0 Å². The molecule has 0 saturated heterocycles. The molecule has 4 rings (SSSR count). The zero-order valence-corrected chi connectivity index (χ0v) is 21.6. The molecule has 6 heteroatoms. The third-order valence-corrected chi connectivity index (χ3v) is 6.64. The Morgan fingerprint density at radius 2 is 1.89 bits per heavy atom. The monoisotopic (exact) mass is 488 g/mol. The maximum atomic E-state index is 13.2. The molecule has 1 aliphatic rings. The van der Waals surface area contributed by atoms with Gasteiger partial charge in [0.25, 0.3) is 5.91 Å². The van der Waals surface area contributed by atoms with E-state index in [1.807, 2.05) is 54.3 Å². The van der Waals surface area contributed by atoms with Crippen LogP contribution >= 0.6 is 0 Å². The van der Waals surface area contributed by atoms with Gasteiger partial charge in [0.1, 0.15) is 11.5 Å². The molecule has 190 valence electrons. The maximum Gasteiger partial charge on any atom is 0.263 e. The van der Waals surface area contributed by atoms with Crippen molar-refractivity contribution < 1.29 is 18.7 Å². The summed E-state index contributed by atoms with van der Waals surface area (Å²) < 4.78 is 11.6. The van der Waals surface area contributed by atoms with Gasteiger partial charge in [0.15, 0.2) is 6.10 Å². The zero-order chi connectivity index (χ0) is 25.7. The van der Waals surface area contributed by atoms with Crippen LogP contribution in [0.4, 0.5) is 0 Å². The third-order valence-electron chi connectivity index (χ3n) is 6.64. The fourth-order valence-corrected chi connectivity index (χ4v) is 4.83. The zero-order valence-electron chi connectivity index (χ0n) is 21.6. The summed E-state index contributed by atoms with van der Waals surface area (Å²) in [4.78, 5) is 30.0. The number of benzene rings is 2. The molecule has 1 aromatic heterocycles. The molecule has 2 heterocycles. The summed E-state index contributed by atoms with van der Waals surface area (Å²) in [5, 5.41) is 0. The highest BCUT2D eigenvalue weighted by molar-refractivity contribution is 5.81. The lowest BCUT2D eigenvalue weighted by atomic mass is 9.87. The van der Waals surface area contributed by atoms with Gasteiger partial charge in [0.2, 0.25) is 5.91 Å². The van der Waals surface area contributed by atoms with Gasteiger partial charge in [-0.1, -0.05) is 57.2 Å². The van der Waals surface area contributed by atoms with E-state index in [1.54, 1.807) is 18.2 Å². The van der Waals surface area contributed by atoms with Crippen LogP contribution in [0, 0.1) is 5.92 Å². The van der Waals surface area contributed by atoms with Crippen LogP contribution in [0.25, 0.3) is 0 Å². The van der Waals surface area contributed by atoms with Gasteiger partial charge in [0, 0.05) is 20.0 Å². The number of rotatable bonds is 9. The standard InChI is InChI=1S/C30H36N2O4/c1-5-27(30(34)31(4)20-25-12-9-17-35-25)36-24-14-13-22-15-16-32(28(33)18-21(2)3)29(26(22)19-24)23-10-7-6-8-11-23/h6-14,17,19,21,27,29H,5,15-16,18,20H2,1-4H3/t27-,29-/m0/s1. The Hall–Kier alpha value is -3.54. The molecule has 0 radical (unpaired) electrons.